The summed E-state index contributed by atoms with van der Waals surface area (Å²) >= 11 is 0. The normalized spacial score (nSPS) is 24.4. The van der Waals surface area contributed by atoms with Gasteiger partial charge in [-0.3, -0.25) is 4.79 Å². The molecule has 0 spiro atoms. The SMILES string of the molecule is CC1CC(C)CN(CC(C)NC(=O)CC(O)c2cccc(F)c2)C1. The van der Waals surface area contributed by atoms with E-state index in [1.54, 1.807) is 6.07 Å². The van der Waals surface area contributed by atoms with E-state index in [0.29, 0.717) is 17.4 Å². The number of hydrogen-bond acceptors (Lipinski definition) is 3. The maximum absolute atomic E-state index is 13.2. The van der Waals surface area contributed by atoms with Crippen LogP contribution in [-0.4, -0.2) is 41.6 Å². The van der Waals surface area contributed by atoms with Crippen LogP contribution >= 0.6 is 0 Å². The fourth-order valence-electron chi connectivity index (χ4n) is 3.72. The second-order valence-corrected chi connectivity index (χ2v) is 7.41. The average Bonchev–Trinajstić information content (AvgIpc) is 2.45. The van der Waals surface area contributed by atoms with Crippen LogP contribution in [0.3, 0.4) is 0 Å². The molecule has 0 bridgehead atoms. The van der Waals surface area contributed by atoms with Gasteiger partial charge in [0.2, 0.25) is 5.91 Å². The van der Waals surface area contributed by atoms with Crippen molar-refractivity contribution in [1.82, 2.24) is 10.2 Å². The van der Waals surface area contributed by atoms with Crippen LogP contribution in [-0.2, 0) is 4.79 Å². The van der Waals surface area contributed by atoms with Crippen molar-refractivity contribution in [2.24, 2.45) is 11.8 Å². The summed E-state index contributed by atoms with van der Waals surface area (Å²) < 4.78 is 13.2. The predicted molar refractivity (Wildman–Crippen MR) is 93.0 cm³/mol. The van der Waals surface area contributed by atoms with Crippen molar-refractivity contribution in [3.05, 3.63) is 35.6 Å². The molecule has 5 heteroatoms. The summed E-state index contributed by atoms with van der Waals surface area (Å²) in [6.07, 6.45) is 0.223. The Labute approximate surface area is 144 Å². The molecule has 1 aromatic rings. The van der Waals surface area contributed by atoms with Gasteiger partial charge in [-0.25, -0.2) is 4.39 Å². The molecule has 1 aliphatic rings. The molecule has 4 unspecified atom stereocenters. The lowest BCUT2D eigenvalue weighted by atomic mass is 9.92. The van der Waals surface area contributed by atoms with E-state index in [4.69, 9.17) is 0 Å². The number of hydrogen-bond donors (Lipinski definition) is 2. The van der Waals surface area contributed by atoms with E-state index in [2.05, 4.69) is 24.1 Å². The summed E-state index contributed by atoms with van der Waals surface area (Å²) in [7, 11) is 0. The number of carbonyl (C=O) groups excluding carboxylic acids is 1. The van der Waals surface area contributed by atoms with E-state index in [1.165, 1.54) is 24.6 Å². The molecule has 0 saturated carbocycles. The Hall–Kier alpha value is -1.46. The Balaban J connectivity index is 1.79. The third kappa shape index (κ3) is 5.87. The predicted octanol–water partition coefficient (Wildman–Crippen LogP) is 2.73. The monoisotopic (exact) mass is 336 g/mol. The van der Waals surface area contributed by atoms with Crippen molar-refractivity contribution in [2.45, 2.75) is 45.8 Å². The van der Waals surface area contributed by atoms with Crippen LogP contribution in [0.1, 0.15) is 45.3 Å². The van der Waals surface area contributed by atoms with Crippen molar-refractivity contribution in [3.63, 3.8) is 0 Å². The largest absolute Gasteiger partial charge is 0.388 e. The van der Waals surface area contributed by atoms with Gasteiger partial charge in [0.1, 0.15) is 5.82 Å². The molecule has 24 heavy (non-hydrogen) atoms. The zero-order valence-corrected chi connectivity index (χ0v) is 14.8. The highest BCUT2D eigenvalue weighted by Crippen LogP contribution is 2.21. The Morgan fingerprint density at radius 3 is 2.67 bits per heavy atom. The van der Waals surface area contributed by atoms with E-state index >= 15 is 0 Å². The average molecular weight is 336 g/mol. The maximum atomic E-state index is 13.2. The minimum absolute atomic E-state index is 0.0229. The van der Waals surface area contributed by atoms with Crippen LogP contribution < -0.4 is 5.32 Å². The first kappa shape index (κ1) is 18.9. The lowest BCUT2D eigenvalue weighted by Gasteiger charge is -2.36. The Kier molecular flexibility index (Phi) is 6.75. The summed E-state index contributed by atoms with van der Waals surface area (Å²) in [5.74, 6) is 0.754. The third-order valence-corrected chi connectivity index (χ3v) is 4.50. The molecule has 0 radical (unpaired) electrons. The number of amides is 1. The van der Waals surface area contributed by atoms with E-state index in [1.807, 2.05) is 6.92 Å². The lowest BCUT2D eigenvalue weighted by Crippen LogP contribution is -2.47. The summed E-state index contributed by atoms with van der Waals surface area (Å²) in [6, 6.07) is 5.76. The van der Waals surface area contributed by atoms with Gasteiger partial charge in [-0.05, 0) is 42.9 Å². The molecule has 1 amide bonds. The molecule has 1 heterocycles. The lowest BCUT2D eigenvalue weighted by molar-refractivity contribution is -0.123. The number of aliphatic hydroxyl groups is 1. The highest BCUT2D eigenvalue weighted by molar-refractivity contribution is 5.76. The van der Waals surface area contributed by atoms with E-state index < -0.39 is 11.9 Å². The highest BCUT2D eigenvalue weighted by Gasteiger charge is 2.23. The van der Waals surface area contributed by atoms with Gasteiger partial charge >= 0.3 is 0 Å². The second-order valence-electron chi connectivity index (χ2n) is 7.41. The fourth-order valence-corrected chi connectivity index (χ4v) is 3.72. The van der Waals surface area contributed by atoms with Gasteiger partial charge in [0, 0.05) is 25.7 Å². The molecule has 2 N–H and O–H groups in total. The third-order valence-electron chi connectivity index (χ3n) is 4.50. The first-order valence-corrected chi connectivity index (χ1v) is 8.78. The number of nitrogens with zero attached hydrogens (tertiary/aromatic N) is 1. The van der Waals surface area contributed by atoms with Crippen LogP contribution in [0.4, 0.5) is 4.39 Å². The minimum atomic E-state index is -0.983. The van der Waals surface area contributed by atoms with Crippen LogP contribution in [0, 0.1) is 17.7 Å². The first-order valence-electron chi connectivity index (χ1n) is 8.78. The molecule has 0 aromatic heterocycles. The van der Waals surface area contributed by atoms with E-state index in [0.717, 1.165) is 19.6 Å². The molecule has 1 fully saturated rings. The van der Waals surface area contributed by atoms with Gasteiger partial charge in [-0.1, -0.05) is 26.0 Å². The van der Waals surface area contributed by atoms with Crippen molar-refractivity contribution in [1.29, 1.82) is 0 Å². The Morgan fingerprint density at radius 1 is 1.38 bits per heavy atom. The van der Waals surface area contributed by atoms with Crippen LogP contribution in [0.5, 0.6) is 0 Å². The quantitative estimate of drug-likeness (QED) is 0.840. The standard InChI is InChI=1S/C19H29FN2O2/c1-13-7-14(2)11-22(10-13)12-15(3)21-19(24)9-18(23)16-5-4-6-17(20)8-16/h4-6,8,13-15,18,23H,7,9-12H2,1-3H3,(H,21,24). The van der Waals surface area contributed by atoms with Crippen LogP contribution in [0.2, 0.25) is 0 Å². The summed E-state index contributed by atoms with van der Waals surface area (Å²) in [5.41, 5.74) is 0.427. The molecule has 1 saturated heterocycles. The number of rotatable bonds is 6. The number of halogens is 1. The van der Waals surface area contributed by atoms with Crippen molar-refractivity contribution in [3.8, 4) is 0 Å². The van der Waals surface area contributed by atoms with Gasteiger partial charge in [0.25, 0.3) is 0 Å². The zero-order chi connectivity index (χ0) is 17.7. The maximum Gasteiger partial charge on any atom is 0.223 e. The van der Waals surface area contributed by atoms with Gasteiger partial charge in [-0.2, -0.15) is 0 Å². The summed E-state index contributed by atoms with van der Waals surface area (Å²) in [6.45, 7) is 9.46. The number of likely N-dealkylation sites (tertiary alicyclic amines) is 1. The van der Waals surface area contributed by atoms with Crippen molar-refractivity contribution < 1.29 is 14.3 Å². The van der Waals surface area contributed by atoms with Crippen LogP contribution in [0.15, 0.2) is 24.3 Å². The fraction of sp³-hybridized carbons (Fsp3) is 0.632. The van der Waals surface area contributed by atoms with Gasteiger partial charge in [-0.15, -0.1) is 0 Å². The molecule has 1 aromatic carbocycles. The molecule has 0 aliphatic carbocycles. The number of benzene rings is 1. The zero-order valence-electron chi connectivity index (χ0n) is 14.8. The smallest absolute Gasteiger partial charge is 0.223 e. The molecule has 134 valence electrons. The minimum Gasteiger partial charge on any atom is -0.388 e. The van der Waals surface area contributed by atoms with E-state index in [9.17, 15) is 14.3 Å². The highest BCUT2D eigenvalue weighted by atomic mass is 19.1. The second kappa shape index (κ2) is 8.58. The number of piperidine rings is 1. The summed E-state index contributed by atoms with van der Waals surface area (Å²) in [5, 5.41) is 13.0. The van der Waals surface area contributed by atoms with Gasteiger partial charge in [0.15, 0.2) is 0 Å². The summed E-state index contributed by atoms with van der Waals surface area (Å²) in [4.78, 5) is 14.5. The number of carbonyl (C=O) groups is 1. The van der Waals surface area contributed by atoms with Crippen molar-refractivity contribution in [2.75, 3.05) is 19.6 Å². The molecular weight excluding hydrogens is 307 g/mol. The molecule has 1 aliphatic heterocycles. The molecule has 4 nitrogen and oxygen atoms in total. The molecular formula is C19H29FN2O2. The van der Waals surface area contributed by atoms with Gasteiger partial charge < -0.3 is 15.3 Å². The van der Waals surface area contributed by atoms with Crippen LogP contribution in [0.25, 0.3) is 0 Å². The Morgan fingerprint density at radius 2 is 2.04 bits per heavy atom. The van der Waals surface area contributed by atoms with E-state index in [-0.39, 0.29) is 18.4 Å². The molecule has 4 atom stereocenters. The van der Waals surface area contributed by atoms with Gasteiger partial charge in [0.05, 0.1) is 12.5 Å². The van der Waals surface area contributed by atoms with Crippen molar-refractivity contribution >= 4 is 5.91 Å². The number of nitrogens with one attached hydrogen (secondary N) is 1. The Bertz CT molecular complexity index is 542. The number of aliphatic hydroxyl groups excluding tert-OH is 1. The molecule has 2 rings (SSSR count). The first-order chi connectivity index (χ1) is 11.3. The topological polar surface area (TPSA) is 52.6 Å².